The van der Waals surface area contributed by atoms with E-state index in [1.165, 1.54) is 0 Å². The van der Waals surface area contributed by atoms with E-state index >= 15 is 0 Å². The van der Waals surface area contributed by atoms with Crippen LogP contribution in [0.2, 0.25) is 0 Å². The highest BCUT2D eigenvalue weighted by atomic mass is 16.2. The third-order valence-electron chi connectivity index (χ3n) is 7.48. The number of nitrogens with zero attached hydrogens (tertiary/aromatic N) is 4. The minimum absolute atomic E-state index is 0.0000607. The Morgan fingerprint density at radius 1 is 1.16 bits per heavy atom. The summed E-state index contributed by atoms with van der Waals surface area (Å²) in [6, 6.07) is 1.44. The van der Waals surface area contributed by atoms with Crippen molar-refractivity contribution in [1.82, 2.24) is 24.9 Å². The summed E-state index contributed by atoms with van der Waals surface area (Å²) in [5, 5.41) is 7.21. The number of aromatic nitrogens is 2. The van der Waals surface area contributed by atoms with Crippen LogP contribution in [0, 0.1) is 17.8 Å². The van der Waals surface area contributed by atoms with E-state index < -0.39 is 6.04 Å². The van der Waals surface area contributed by atoms with Crippen molar-refractivity contribution >= 4 is 17.7 Å². The molecule has 8 nitrogen and oxygen atoms in total. The first-order chi connectivity index (χ1) is 15.1. The number of piperidine rings is 3. The number of rotatable bonds is 5. The van der Waals surface area contributed by atoms with Gasteiger partial charge in [0.05, 0.1) is 6.54 Å². The largest absolute Gasteiger partial charge is 0.352 e. The highest BCUT2D eigenvalue weighted by molar-refractivity contribution is 5.89. The fourth-order valence-corrected chi connectivity index (χ4v) is 6.08. The maximum Gasteiger partial charge on any atom is 0.243 e. The van der Waals surface area contributed by atoms with Crippen molar-refractivity contribution in [3.8, 4) is 0 Å². The highest BCUT2D eigenvalue weighted by Crippen LogP contribution is 2.42. The molecule has 3 fully saturated rings. The second kappa shape index (κ2) is 8.48. The molecule has 3 amide bonds. The van der Waals surface area contributed by atoms with E-state index in [2.05, 4.69) is 22.6 Å². The zero-order valence-electron chi connectivity index (χ0n) is 17.9. The minimum atomic E-state index is -0.482. The van der Waals surface area contributed by atoms with E-state index in [4.69, 9.17) is 0 Å². The average molecular weight is 426 g/mol. The minimum Gasteiger partial charge on any atom is -0.352 e. The van der Waals surface area contributed by atoms with Gasteiger partial charge in [-0.2, -0.15) is 5.10 Å². The number of hydrogen-bond acceptors (Lipinski definition) is 4. The summed E-state index contributed by atoms with van der Waals surface area (Å²) in [7, 11) is 0. The number of amides is 3. The zero-order valence-corrected chi connectivity index (χ0v) is 17.9. The Labute approximate surface area is 182 Å². The molecule has 0 aromatic carbocycles. The first-order valence-electron chi connectivity index (χ1n) is 11.6. The summed E-state index contributed by atoms with van der Waals surface area (Å²) in [5.41, 5.74) is 0. The van der Waals surface area contributed by atoms with Crippen LogP contribution in [-0.2, 0) is 20.9 Å². The zero-order chi connectivity index (χ0) is 21.4. The van der Waals surface area contributed by atoms with E-state index in [1.807, 2.05) is 22.1 Å². The molecule has 1 N–H and O–H groups in total. The molecule has 3 aliphatic heterocycles. The Morgan fingerprint density at radius 2 is 1.97 bits per heavy atom. The number of carbonyl (C=O) groups excluding carboxylic acids is 3. The molecule has 5 rings (SSSR count). The predicted molar refractivity (Wildman–Crippen MR) is 114 cm³/mol. The van der Waals surface area contributed by atoms with Gasteiger partial charge in [-0.3, -0.25) is 19.1 Å². The van der Waals surface area contributed by atoms with E-state index in [-0.39, 0.29) is 41.5 Å². The molecule has 2 bridgehead atoms. The van der Waals surface area contributed by atoms with Crippen LogP contribution < -0.4 is 5.32 Å². The van der Waals surface area contributed by atoms with Gasteiger partial charge in [0.1, 0.15) is 6.04 Å². The number of nitrogens with one attached hydrogen (secondary N) is 1. The second-order valence-electron chi connectivity index (χ2n) is 9.40. The van der Waals surface area contributed by atoms with Crippen LogP contribution in [0.1, 0.15) is 38.5 Å². The monoisotopic (exact) mass is 425 g/mol. The number of fused-ring (bicyclic) bond motifs is 4. The first-order valence-corrected chi connectivity index (χ1v) is 11.6. The maximum absolute atomic E-state index is 13.3. The van der Waals surface area contributed by atoms with Gasteiger partial charge < -0.3 is 15.1 Å². The summed E-state index contributed by atoms with van der Waals surface area (Å²) >= 11 is 0. The SMILES string of the molecule is O=C(NCCn1cccn1)[C@H]1[C@H]2C[C@H](CN(C(=O)C3CC=CC3)C2)[C@@H]2CCCC(=O)N21. The van der Waals surface area contributed by atoms with Gasteiger partial charge in [0.15, 0.2) is 0 Å². The molecule has 0 spiro atoms. The Kier molecular flexibility index (Phi) is 5.54. The molecule has 0 radical (unpaired) electrons. The topological polar surface area (TPSA) is 87.5 Å². The highest BCUT2D eigenvalue weighted by Gasteiger charge is 2.52. The lowest BCUT2D eigenvalue weighted by molar-refractivity contribution is -0.163. The molecule has 4 aliphatic rings. The molecule has 1 aromatic rings. The van der Waals surface area contributed by atoms with Gasteiger partial charge >= 0.3 is 0 Å². The molecular weight excluding hydrogens is 394 g/mol. The lowest BCUT2D eigenvalue weighted by Gasteiger charge is -2.56. The standard InChI is InChI=1S/C23H31N5O3/c29-20-8-3-7-19-17-13-18(15-26(14-17)23(31)16-5-1-2-6-16)21(28(19)20)22(30)24-10-12-27-11-4-9-25-27/h1-2,4,9,11,16-19,21H,3,5-8,10,12-15H2,(H,24,30)/t17-,18+,19+,21-/m1/s1. The summed E-state index contributed by atoms with van der Waals surface area (Å²) in [6.45, 7) is 2.35. The Hall–Kier alpha value is -2.64. The van der Waals surface area contributed by atoms with Crippen molar-refractivity contribution in [3.05, 3.63) is 30.6 Å². The van der Waals surface area contributed by atoms with E-state index in [9.17, 15) is 14.4 Å². The fraction of sp³-hybridized carbons (Fsp3) is 0.652. The van der Waals surface area contributed by atoms with Crippen LogP contribution in [0.4, 0.5) is 0 Å². The van der Waals surface area contributed by atoms with E-state index in [0.717, 1.165) is 32.1 Å². The van der Waals surface area contributed by atoms with Crippen LogP contribution >= 0.6 is 0 Å². The van der Waals surface area contributed by atoms with Crippen LogP contribution in [0.25, 0.3) is 0 Å². The number of likely N-dealkylation sites (tertiary alicyclic amines) is 1. The van der Waals surface area contributed by atoms with Gasteiger partial charge in [-0.15, -0.1) is 0 Å². The van der Waals surface area contributed by atoms with Gasteiger partial charge in [0, 0.05) is 56.3 Å². The van der Waals surface area contributed by atoms with Crippen LogP contribution in [0.5, 0.6) is 0 Å². The second-order valence-corrected chi connectivity index (χ2v) is 9.40. The normalized spacial score (nSPS) is 30.4. The molecule has 8 heteroatoms. The van der Waals surface area contributed by atoms with Crippen LogP contribution in [0.15, 0.2) is 30.6 Å². The maximum atomic E-state index is 13.3. The molecule has 1 aliphatic carbocycles. The molecule has 166 valence electrons. The summed E-state index contributed by atoms with van der Waals surface area (Å²) in [5.74, 6) is 0.539. The quantitative estimate of drug-likeness (QED) is 0.718. The number of allylic oxidation sites excluding steroid dienone is 2. The Morgan fingerprint density at radius 3 is 2.74 bits per heavy atom. The van der Waals surface area contributed by atoms with Gasteiger partial charge in [-0.1, -0.05) is 12.2 Å². The molecular formula is C23H31N5O3. The van der Waals surface area contributed by atoms with Crippen molar-refractivity contribution in [2.75, 3.05) is 19.6 Å². The fourth-order valence-electron chi connectivity index (χ4n) is 6.08. The van der Waals surface area contributed by atoms with Crippen LogP contribution in [0.3, 0.4) is 0 Å². The van der Waals surface area contributed by atoms with Gasteiger partial charge in [0.25, 0.3) is 0 Å². The smallest absolute Gasteiger partial charge is 0.243 e. The molecule has 3 saturated heterocycles. The van der Waals surface area contributed by atoms with Gasteiger partial charge in [0.2, 0.25) is 17.7 Å². The molecule has 0 saturated carbocycles. The number of carbonyl (C=O) groups is 3. The Bertz CT molecular complexity index is 859. The van der Waals surface area contributed by atoms with Crippen LogP contribution in [-0.4, -0.2) is 69.0 Å². The summed E-state index contributed by atoms with van der Waals surface area (Å²) in [6.07, 6.45) is 12.6. The van der Waals surface area contributed by atoms with E-state index in [0.29, 0.717) is 32.6 Å². The van der Waals surface area contributed by atoms with Crippen molar-refractivity contribution < 1.29 is 14.4 Å². The average Bonchev–Trinajstić information content (AvgIpc) is 3.48. The molecule has 4 heterocycles. The third-order valence-corrected chi connectivity index (χ3v) is 7.48. The molecule has 0 unspecified atom stereocenters. The van der Waals surface area contributed by atoms with Gasteiger partial charge in [-0.25, -0.2) is 0 Å². The predicted octanol–water partition coefficient (Wildman–Crippen LogP) is 1.19. The van der Waals surface area contributed by atoms with Crippen molar-refractivity contribution in [2.24, 2.45) is 17.8 Å². The lowest BCUT2D eigenvalue weighted by Crippen LogP contribution is -2.69. The van der Waals surface area contributed by atoms with Crippen molar-refractivity contribution in [2.45, 2.75) is 57.2 Å². The van der Waals surface area contributed by atoms with Gasteiger partial charge in [-0.05, 0) is 44.1 Å². The summed E-state index contributed by atoms with van der Waals surface area (Å²) in [4.78, 5) is 43.2. The number of hydrogen-bond donors (Lipinski definition) is 1. The Balaban J connectivity index is 1.32. The summed E-state index contributed by atoms with van der Waals surface area (Å²) < 4.78 is 1.78. The first kappa shape index (κ1) is 20.3. The molecule has 31 heavy (non-hydrogen) atoms. The molecule has 4 atom stereocenters. The van der Waals surface area contributed by atoms with Crippen molar-refractivity contribution in [3.63, 3.8) is 0 Å². The van der Waals surface area contributed by atoms with Crippen molar-refractivity contribution in [1.29, 1.82) is 0 Å². The van der Waals surface area contributed by atoms with E-state index in [1.54, 1.807) is 10.9 Å². The lowest BCUT2D eigenvalue weighted by atomic mass is 9.71. The molecule has 1 aromatic heterocycles. The third kappa shape index (κ3) is 3.88.